The number of benzene rings is 2. The molecule has 0 aliphatic carbocycles. The van der Waals surface area contributed by atoms with Gasteiger partial charge in [0.1, 0.15) is 0 Å². The van der Waals surface area contributed by atoms with Crippen molar-refractivity contribution in [1.29, 1.82) is 0 Å². The SMILES string of the molecule is C=C=C(Cc1ccccc1C(=O)CC)C(CC)C(C)Cc1ccc(CC)cc1.CCC. The number of allylic oxidation sites excluding steroid dienone is 1. The number of Topliss-reactive ketones (excluding diaryl/α,β-unsaturated/α-hetero) is 1. The summed E-state index contributed by atoms with van der Waals surface area (Å²) in [7, 11) is 0. The molecule has 2 aromatic carbocycles. The van der Waals surface area contributed by atoms with E-state index in [2.05, 4.69) is 77.3 Å². The van der Waals surface area contributed by atoms with Gasteiger partial charge < -0.3 is 0 Å². The summed E-state index contributed by atoms with van der Waals surface area (Å²) >= 11 is 0. The van der Waals surface area contributed by atoms with Crippen LogP contribution in [0, 0.1) is 11.8 Å². The van der Waals surface area contributed by atoms with E-state index < -0.39 is 0 Å². The smallest absolute Gasteiger partial charge is 0.162 e. The molecule has 0 fully saturated rings. The molecule has 2 unspecified atom stereocenters. The lowest BCUT2D eigenvalue weighted by atomic mass is 9.79. The number of aryl methyl sites for hydroxylation is 1. The summed E-state index contributed by atoms with van der Waals surface area (Å²) in [6.45, 7) is 16.9. The average Bonchev–Trinajstić information content (AvgIpc) is 2.79. The summed E-state index contributed by atoms with van der Waals surface area (Å²) in [6.07, 6.45) is 5.71. The molecule has 2 rings (SSSR count). The highest BCUT2D eigenvalue weighted by molar-refractivity contribution is 5.97. The predicted molar refractivity (Wildman–Crippen MR) is 136 cm³/mol. The number of hydrogen-bond donors (Lipinski definition) is 0. The zero-order valence-corrected chi connectivity index (χ0v) is 20.6. The summed E-state index contributed by atoms with van der Waals surface area (Å²) < 4.78 is 0. The number of carbonyl (C=O) groups is 1. The summed E-state index contributed by atoms with van der Waals surface area (Å²) in [5, 5.41) is 0. The Labute approximate surface area is 191 Å². The Hall–Kier alpha value is -2.37. The van der Waals surface area contributed by atoms with Crippen LogP contribution in [0.5, 0.6) is 0 Å². The van der Waals surface area contributed by atoms with Crippen molar-refractivity contribution in [3.05, 3.63) is 88.7 Å². The molecule has 0 heterocycles. The highest BCUT2D eigenvalue weighted by Gasteiger charge is 2.22. The van der Waals surface area contributed by atoms with Gasteiger partial charge in [0.05, 0.1) is 0 Å². The van der Waals surface area contributed by atoms with Crippen molar-refractivity contribution in [2.45, 2.75) is 80.1 Å². The molecule has 0 amide bonds. The molecule has 0 N–H and O–H groups in total. The molecule has 1 nitrogen and oxygen atoms in total. The van der Waals surface area contributed by atoms with Crippen LogP contribution in [0.3, 0.4) is 0 Å². The number of rotatable bonds is 10. The lowest BCUT2D eigenvalue weighted by molar-refractivity contribution is 0.0987. The highest BCUT2D eigenvalue weighted by Crippen LogP contribution is 2.30. The van der Waals surface area contributed by atoms with Crippen LogP contribution in [0.1, 0.15) is 87.9 Å². The number of ketones is 1. The normalized spacial score (nSPS) is 12.2. The second-order valence-corrected chi connectivity index (χ2v) is 8.39. The van der Waals surface area contributed by atoms with Crippen molar-refractivity contribution >= 4 is 5.78 Å². The van der Waals surface area contributed by atoms with Gasteiger partial charge in [-0.25, -0.2) is 0 Å². The standard InChI is InChI=1S/C27H34O.C3H8/c1-6-21-14-16-22(17-15-21)18-20(5)25(8-3)23(7-2)19-24-12-10-11-13-26(24)27(28)9-4;1-3-2/h10-17,20,25H,2,6,8-9,18-19H2,1,3-5H3;3H2,1-2H3. The van der Waals surface area contributed by atoms with Crippen LogP contribution in [-0.4, -0.2) is 5.78 Å². The van der Waals surface area contributed by atoms with Crippen molar-refractivity contribution < 1.29 is 4.79 Å². The summed E-state index contributed by atoms with van der Waals surface area (Å²) in [5.41, 5.74) is 9.15. The minimum atomic E-state index is 0.205. The van der Waals surface area contributed by atoms with Gasteiger partial charge in [0, 0.05) is 18.4 Å². The third kappa shape index (κ3) is 8.35. The van der Waals surface area contributed by atoms with Crippen LogP contribution < -0.4 is 0 Å². The van der Waals surface area contributed by atoms with Crippen LogP contribution >= 0.6 is 0 Å². The molecule has 0 aliphatic rings. The number of carbonyl (C=O) groups excluding carboxylic acids is 1. The van der Waals surface area contributed by atoms with E-state index in [9.17, 15) is 4.79 Å². The maximum atomic E-state index is 12.3. The van der Waals surface area contributed by atoms with Crippen LogP contribution in [0.2, 0.25) is 0 Å². The van der Waals surface area contributed by atoms with Gasteiger partial charge in [0.15, 0.2) is 5.78 Å². The third-order valence-electron chi connectivity index (χ3n) is 5.81. The Morgan fingerprint density at radius 2 is 1.52 bits per heavy atom. The molecule has 0 aromatic heterocycles. The molecule has 2 atom stereocenters. The quantitative estimate of drug-likeness (QED) is 0.279. The van der Waals surface area contributed by atoms with Gasteiger partial charge in [-0.15, -0.1) is 5.73 Å². The molecular formula is C30H42O. The predicted octanol–water partition coefficient (Wildman–Crippen LogP) is 8.42. The minimum Gasteiger partial charge on any atom is -0.294 e. The van der Waals surface area contributed by atoms with E-state index in [0.29, 0.717) is 18.3 Å². The van der Waals surface area contributed by atoms with E-state index in [1.165, 1.54) is 23.1 Å². The Balaban J connectivity index is 0.00000151. The molecule has 168 valence electrons. The Bertz CT molecular complexity index is 837. The molecule has 0 spiro atoms. The van der Waals surface area contributed by atoms with Gasteiger partial charge in [0.2, 0.25) is 0 Å². The first-order valence-electron chi connectivity index (χ1n) is 12.0. The summed E-state index contributed by atoms with van der Waals surface area (Å²) in [5.74, 6) is 1.11. The van der Waals surface area contributed by atoms with Crippen LogP contribution in [-0.2, 0) is 19.3 Å². The van der Waals surface area contributed by atoms with Crippen molar-refractivity contribution in [2.75, 3.05) is 0 Å². The molecule has 0 bridgehead atoms. The fourth-order valence-corrected chi connectivity index (χ4v) is 4.08. The molecule has 0 saturated carbocycles. The maximum Gasteiger partial charge on any atom is 0.162 e. The minimum absolute atomic E-state index is 0.205. The first-order chi connectivity index (χ1) is 14.9. The monoisotopic (exact) mass is 418 g/mol. The van der Waals surface area contributed by atoms with E-state index in [-0.39, 0.29) is 5.78 Å². The largest absolute Gasteiger partial charge is 0.294 e. The maximum absolute atomic E-state index is 12.3. The van der Waals surface area contributed by atoms with Crippen molar-refractivity contribution in [3.63, 3.8) is 0 Å². The third-order valence-corrected chi connectivity index (χ3v) is 5.81. The van der Waals surface area contributed by atoms with Crippen LogP contribution in [0.15, 0.2) is 66.4 Å². The fraction of sp³-hybridized carbons (Fsp3) is 0.467. The topological polar surface area (TPSA) is 17.1 Å². The van der Waals surface area contributed by atoms with Gasteiger partial charge >= 0.3 is 0 Å². The first-order valence-corrected chi connectivity index (χ1v) is 12.0. The summed E-state index contributed by atoms with van der Waals surface area (Å²) in [6, 6.07) is 17.0. The van der Waals surface area contributed by atoms with Gasteiger partial charge in [0.25, 0.3) is 0 Å². The lowest BCUT2D eigenvalue weighted by Crippen LogP contribution is -2.18. The highest BCUT2D eigenvalue weighted by atomic mass is 16.1. The van der Waals surface area contributed by atoms with Gasteiger partial charge in [-0.1, -0.05) is 103 Å². The van der Waals surface area contributed by atoms with Crippen molar-refractivity contribution in [2.24, 2.45) is 11.8 Å². The van der Waals surface area contributed by atoms with Gasteiger partial charge in [-0.2, -0.15) is 0 Å². The Morgan fingerprint density at radius 1 is 0.935 bits per heavy atom. The average molecular weight is 419 g/mol. The molecule has 0 saturated heterocycles. The van der Waals surface area contributed by atoms with E-state index >= 15 is 0 Å². The second-order valence-electron chi connectivity index (χ2n) is 8.39. The zero-order valence-electron chi connectivity index (χ0n) is 20.6. The van der Waals surface area contributed by atoms with Gasteiger partial charge in [-0.05, 0) is 53.4 Å². The number of hydrogen-bond acceptors (Lipinski definition) is 1. The molecular weight excluding hydrogens is 376 g/mol. The Kier molecular flexibility index (Phi) is 12.6. The van der Waals surface area contributed by atoms with E-state index in [1.807, 2.05) is 25.1 Å². The molecule has 0 aliphatic heterocycles. The first kappa shape index (κ1) is 26.7. The van der Waals surface area contributed by atoms with Crippen molar-refractivity contribution in [3.8, 4) is 0 Å². The van der Waals surface area contributed by atoms with Crippen LogP contribution in [0.4, 0.5) is 0 Å². The van der Waals surface area contributed by atoms with Crippen LogP contribution in [0.25, 0.3) is 0 Å². The van der Waals surface area contributed by atoms with E-state index in [0.717, 1.165) is 36.8 Å². The fourth-order valence-electron chi connectivity index (χ4n) is 4.08. The Morgan fingerprint density at radius 3 is 2.03 bits per heavy atom. The molecule has 31 heavy (non-hydrogen) atoms. The zero-order chi connectivity index (χ0) is 23.2. The van der Waals surface area contributed by atoms with E-state index in [4.69, 9.17) is 0 Å². The molecule has 2 aromatic rings. The van der Waals surface area contributed by atoms with E-state index in [1.54, 1.807) is 0 Å². The van der Waals surface area contributed by atoms with Crippen molar-refractivity contribution in [1.82, 2.24) is 0 Å². The van der Waals surface area contributed by atoms with Gasteiger partial charge in [-0.3, -0.25) is 4.79 Å². The molecule has 1 heteroatoms. The molecule has 0 radical (unpaired) electrons. The summed E-state index contributed by atoms with van der Waals surface area (Å²) in [4.78, 5) is 12.3. The lowest BCUT2D eigenvalue weighted by Gasteiger charge is -2.25. The second kappa shape index (κ2) is 14.6.